The van der Waals surface area contributed by atoms with Crippen molar-refractivity contribution in [1.82, 2.24) is 10.3 Å². The van der Waals surface area contributed by atoms with E-state index in [0.29, 0.717) is 17.4 Å². The quantitative estimate of drug-likeness (QED) is 0.876. The summed E-state index contributed by atoms with van der Waals surface area (Å²) in [5.41, 5.74) is 1.49. The Hall–Kier alpha value is -1.58. The second-order valence-electron chi connectivity index (χ2n) is 5.45. The maximum atomic E-state index is 12.4. The van der Waals surface area contributed by atoms with Gasteiger partial charge >= 0.3 is 0 Å². The van der Waals surface area contributed by atoms with Crippen LogP contribution in [0.15, 0.2) is 18.5 Å². The number of nitrogens with zero attached hydrogens (tertiary/aromatic N) is 1. The summed E-state index contributed by atoms with van der Waals surface area (Å²) >= 11 is 0. The molecule has 3 atom stereocenters. The summed E-state index contributed by atoms with van der Waals surface area (Å²) in [7, 11) is 0. The predicted octanol–water partition coefficient (Wildman–Crippen LogP) is 2.68. The molecule has 2 rings (SSSR count). The molecule has 1 aliphatic rings. The molecular weight excluding hydrogens is 238 g/mol. The summed E-state index contributed by atoms with van der Waals surface area (Å²) in [6.45, 7) is 7.28. The summed E-state index contributed by atoms with van der Waals surface area (Å²) in [6, 6.07) is 2.14. The number of rotatable bonds is 4. The molecule has 19 heavy (non-hydrogen) atoms. The van der Waals surface area contributed by atoms with E-state index in [0.717, 1.165) is 18.7 Å². The molecule has 0 bridgehead atoms. The number of anilines is 1. The van der Waals surface area contributed by atoms with Gasteiger partial charge in [-0.3, -0.25) is 9.78 Å². The fourth-order valence-corrected chi connectivity index (χ4v) is 2.73. The first kappa shape index (κ1) is 13.8. The zero-order valence-electron chi connectivity index (χ0n) is 11.9. The Morgan fingerprint density at radius 3 is 2.84 bits per heavy atom. The van der Waals surface area contributed by atoms with Crippen molar-refractivity contribution >= 4 is 11.6 Å². The van der Waals surface area contributed by atoms with Crippen LogP contribution < -0.4 is 10.6 Å². The number of hydrogen-bond acceptors (Lipinski definition) is 3. The van der Waals surface area contributed by atoms with Crippen molar-refractivity contribution in [1.29, 1.82) is 0 Å². The smallest absolute Gasteiger partial charge is 0.255 e. The lowest BCUT2D eigenvalue weighted by Crippen LogP contribution is -2.37. The molecule has 1 aromatic heterocycles. The van der Waals surface area contributed by atoms with Crippen LogP contribution in [0, 0.1) is 11.8 Å². The fraction of sp³-hybridized carbons (Fsp3) is 0.600. The monoisotopic (exact) mass is 261 g/mol. The first-order chi connectivity index (χ1) is 9.13. The van der Waals surface area contributed by atoms with E-state index in [1.165, 1.54) is 6.42 Å². The zero-order valence-corrected chi connectivity index (χ0v) is 11.9. The highest BCUT2D eigenvalue weighted by atomic mass is 16.1. The predicted molar refractivity (Wildman–Crippen MR) is 77.2 cm³/mol. The van der Waals surface area contributed by atoms with Crippen molar-refractivity contribution in [3.05, 3.63) is 24.0 Å². The first-order valence-corrected chi connectivity index (χ1v) is 7.12. The van der Waals surface area contributed by atoms with E-state index in [1.807, 2.05) is 13.0 Å². The fourth-order valence-electron chi connectivity index (χ4n) is 2.73. The van der Waals surface area contributed by atoms with Crippen molar-refractivity contribution in [3.8, 4) is 0 Å². The molecule has 0 saturated heterocycles. The SMILES string of the molecule is CCNc1ccncc1C(=O)NC1CCC(C)C1C. The number of carbonyl (C=O) groups is 1. The maximum Gasteiger partial charge on any atom is 0.255 e. The third-order valence-corrected chi connectivity index (χ3v) is 4.21. The van der Waals surface area contributed by atoms with Gasteiger partial charge in [-0.1, -0.05) is 13.8 Å². The van der Waals surface area contributed by atoms with Gasteiger partial charge in [0, 0.05) is 25.0 Å². The van der Waals surface area contributed by atoms with E-state index in [-0.39, 0.29) is 11.9 Å². The Balaban J connectivity index is 2.08. The van der Waals surface area contributed by atoms with Gasteiger partial charge in [-0.05, 0) is 37.7 Å². The number of amides is 1. The van der Waals surface area contributed by atoms with Crippen LogP contribution in [-0.2, 0) is 0 Å². The topological polar surface area (TPSA) is 54.0 Å². The standard InChI is InChI=1S/C15H23N3O/c1-4-17-14-7-8-16-9-12(14)15(19)18-13-6-5-10(2)11(13)3/h7-11,13H,4-6H2,1-3H3,(H,16,17)(H,18,19). The van der Waals surface area contributed by atoms with Gasteiger partial charge in [-0.25, -0.2) is 0 Å². The summed E-state index contributed by atoms with van der Waals surface area (Å²) in [5, 5.41) is 6.36. The van der Waals surface area contributed by atoms with Crippen LogP contribution in [0.1, 0.15) is 44.0 Å². The van der Waals surface area contributed by atoms with Crippen LogP contribution in [0.2, 0.25) is 0 Å². The minimum Gasteiger partial charge on any atom is -0.385 e. The van der Waals surface area contributed by atoms with E-state index in [4.69, 9.17) is 0 Å². The highest BCUT2D eigenvalue weighted by Crippen LogP contribution is 2.31. The maximum absolute atomic E-state index is 12.4. The van der Waals surface area contributed by atoms with Crippen molar-refractivity contribution < 1.29 is 4.79 Å². The second-order valence-corrected chi connectivity index (χ2v) is 5.45. The lowest BCUT2D eigenvalue weighted by molar-refractivity contribution is 0.0928. The third-order valence-electron chi connectivity index (χ3n) is 4.21. The van der Waals surface area contributed by atoms with Gasteiger partial charge in [-0.15, -0.1) is 0 Å². The minimum atomic E-state index is -0.0185. The lowest BCUT2D eigenvalue weighted by Gasteiger charge is -2.20. The van der Waals surface area contributed by atoms with Crippen LogP contribution in [0.25, 0.3) is 0 Å². The normalized spacial score (nSPS) is 26.2. The lowest BCUT2D eigenvalue weighted by atomic mass is 9.97. The molecule has 0 aromatic carbocycles. The van der Waals surface area contributed by atoms with Gasteiger partial charge in [-0.2, -0.15) is 0 Å². The molecular formula is C15H23N3O. The number of hydrogen-bond donors (Lipinski definition) is 2. The molecule has 1 amide bonds. The number of nitrogens with one attached hydrogen (secondary N) is 2. The molecule has 1 aromatic rings. The van der Waals surface area contributed by atoms with E-state index in [9.17, 15) is 4.79 Å². The summed E-state index contributed by atoms with van der Waals surface area (Å²) in [4.78, 5) is 16.4. The van der Waals surface area contributed by atoms with Crippen LogP contribution in [0.4, 0.5) is 5.69 Å². The highest BCUT2D eigenvalue weighted by molar-refractivity contribution is 5.99. The molecule has 3 unspecified atom stereocenters. The largest absolute Gasteiger partial charge is 0.385 e. The van der Waals surface area contributed by atoms with Gasteiger partial charge in [0.25, 0.3) is 5.91 Å². The molecule has 2 N–H and O–H groups in total. The van der Waals surface area contributed by atoms with Gasteiger partial charge in [0.15, 0.2) is 0 Å². The van der Waals surface area contributed by atoms with Crippen molar-refractivity contribution in [2.24, 2.45) is 11.8 Å². The first-order valence-electron chi connectivity index (χ1n) is 7.12. The van der Waals surface area contributed by atoms with Crippen LogP contribution in [0.3, 0.4) is 0 Å². The van der Waals surface area contributed by atoms with Crippen LogP contribution >= 0.6 is 0 Å². The number of carbonyl (C=O) groups excluding carboxylic acids is 1. The molecule has 1 saturated carbocycles. The Labute approximate surface area is 115 Å². The molecule has 0 spiro atoms. The van der Waals surface area contributed by atoms with Crippen LogP contribution in [0.5, 0.6) is 0 Å². The van der Waals surface area contributed by atoms with Gasteiger partial charge < -0.3 is 10.6 Å². The molecule has 4 heteroatoms. The summed E-state index contributed by atoms with van der Waals surface area (Å²) < 4.78 is 0. The molecule has 0 aliphatic heterocycles. The Morgan fingerprint density at radius 1 is 1.42 bits per heavy atom. The van der Waals surface area contributed by atoms with Gasteiger partial charge in [0.1, 0.15) is 0 Å². The zero-order chi connectivity index (χ0) is 13.8. The van der Waals surface area contributed by atoms with E-state index >= 15 is 0 Å². The third kappa shape index (κ3) is 3.06. The Bertz CT molecular complexity index is 447. The van der Waals surface area contributed by atoms with E-state index in [1.54, 1.807) is 12.4 Å². The average molecular weight is 261 g/mol. The summed E-state index contributed by atoms with van der Waals surface area (Å²) in [6.07, 6.45) is 5.61. The molecule has 1 fully saturated rings. The van der Waals surface area contributed by atoms with Crippen molar-refractivity contribution in [3.63, 3.8) is 0 Å². The molecule has 4 nitrogen and oxygen atoms in total. The Morgan fingerprint density at radius 2 is 2.21 bits per heavy atom. The van der Waals surface area contributed by atoms with E-state index in [2.05, 4.69) is 29.5 Å². The highest BCUT2D eigenvalue weighted by Gasteiger charge is 2.31. The molecule has 0 radical (unpaired) electrons. The Kier molecular flexibility index (Phi) is 4.40. The van der Waals surface area contributed by atoms with E-state index < -0.39 is 0 Å². The summed E-state index contributed by atoms with van der Waals surface area (Å²) in [5.74, 6) is 1.21. The average Bonchev–Trinajstić information content (AvgIpc) is 2.72. The number of pyridine rings is 1. The molecule has 1 aliphatic carbocycles. The van der Waals surface area contributed by atoms with Gasteiger partial charge in [0.2, 0.25) is 0 Å². The number of aromatic nitrogens is 1. The van der Waals surface area contributed by atoms with Crippen LogP contribution in [-0.4, -0.2) is 23.5 Å². The van der Waals surface area contributed by atoms with Gasteiger partial charge in [0.05, 0.1) is 11.3 Å². The molecule has 1 heterocycles. The minimum absolute atomic E-state index is 0.0185. The van der Waals surface area contributed by atoms with Crippen molar-refractivity contribution in [2.75, 3.05) is 11.9 Å². The molecule has 104 valence electrons. The second kappa shape index (κ2) is 6.04. The van der Waals surface area contributed by atoms with Crippen molar-refractivity contribution in [2.45, 2.75) is 39.7 Å².